The van der Waals surface area contributed by atoms with E-state index in [0.29, 0.717) is 5.92 Å². The maximum absolute atomic E-state index is 12.5. The molecule has 3 rings (SSSR count). The van der Waals surface area contributed by atoms with E-state index >= 15 is 0 Å². The van der Waals surface area contributed by atoms with Gasteiger partial charge in [0.2, 0.25) is 0 Å². The first kappa shape index (κ1) is 12.6. The Morgan fingerprint density at radius 2 is 1.84 bits per heavy atom. The van der Waals surface area contributed by atoms with Crippen LogP contribution in [-0.2, 0) is 0 Å². The molecule has 0 bridgehead atoms. The number of carbonyl (C=O) groups excluding carboxylic acids is 1. The highest BCUT2D eigenvalue weighted by atomic mass is 79.9. The minimum atomic E-state index is 0.162. The normalized spacial score (nSPS) is 21.2. The molecular formula is C17H15BrO. The zero-order valence-corrected chi connectivity index (χ0v) is 12.4. The van der Waals surface area contributed by atoms with Crippen molar-refractivity contribution >= 4 is 21.7 Å². The fourth-order valence-electron chi connectivity index (χ4n) is 2.63. The second kappa shape index (κ2) is 4.93. The third kappa shape index (κ3) is 2.37. The summed E-state index contributed by atoms with van der Waals surface area (Å²) in [7, 11) is 0. The molecule has 0 aromatic heterocycles. The summed E-state index contributed by atoms with van der Waals surface area (Å²) < 4.78 is 1.01. The number of halogens is 1. The Labute approximate surface area is 121 Å². The van der Waals surface area contributed by atoms with Crippen LogP contribution in [0.1, 0.15) is 33.8 Å². The summed E-state index contributed by atoms with van der Waals surface area (Å²) in [6.07, 6.45) is 0.981. The average Bonchev–Trinajstić information content (AvgIpc) is 3.22. The first-order chi connectivity index (χ1) is 9.18. The van der Waals surface area contributed by atoms with Gasteiger partial charge in [0, 0.05) is 16.0 Å². The summed E-state index contributed by atoms with van der Waals surface area (Å²) in [5.74, 6) is 0.857. The van der Waals surface area contributed by atoms with Crippen molar-refractivity contribution < 1.29 is 4.79 Å². The van der Waals surface area contributed by atoms with Gasteiger partial charge in [0.25, 0.3) is 0 Å². The number of benzene rings is 2. The summed E-state index contributed by atoms with van der Waals surface area (Å²) in [5.41, 5.74) is 3.19. The van der Waals surface area contributed by atoms with E-state index in [1.165, 1.54) is 5.56 Å². The van der Waals surface area contributed by atoms with Crippen LogP contribution in [0.5, 0.6) is 0 Å². The molecule has 1 aliphatic carbocycles. The van der Waals surface area contributed by atoms with Crippen molar-refractivity contribution in [3.8, 4) is 0 Å². The largest absolute Gasteiger partial charge is 0.294 e. The number of Topliss-reactive ketones (excluding diaryl/α,β-unsaturated/α-hetero) is 1. The van der Waals surface area contributed by atoms with Crippen LogP contribution in [0.2, 0.25) is 0 Å². The van der Waals surface area contributed by atoms with Crippen molar-refractivity contribution in [2.75, 3.05) is 0 Å². The van der Waals surface area contributed by atoms with Crippen LogP contribution in [0.3, 0.4) is 0 Å². The lowest BCUT2D eigenvalue weighted by Crippen LogP contribution is -2.05. The quantitative estimate of drug-likeness (QED) is 0.748. The molecule has 96 valence electrons. The lowest BCUT2D eigenvalue weighted by Gasteiger charge is -2.06. The van der Waals surface area contributed by atoms with E-state index in [9.17, 15) is 4.79 Å². The van der Waals surface area contributed by atoms with E-state index in [1.54, 1.807) is 0 Å². The molecule has 0 amide bonds. The molecule has 2 atom stereocenters. The summed E-state index contributed by atoms with van der Waals surface area (Å²) in [6.45, 7) is 2.00. The highest BCUT2D eigenvalue weighted by Gasteiger charge is 2.44. The first-order valence-corrected chi connectivity index (χ1v) is 7.32. The lowest BCUT2D eigenvalue weighted by atomic mass is 9.99. The smallest absolute Gasteiger partial charge is 0.166 e. The summed E-state index contributed by atoms with van der Waals surface area (Å²) >= 11 is 3.49. The predicted octanol–water partition coefficient (Wildman–Crippen LogP) is 4.74. The van der Waals surface area contributed by atoms with E-state index in [-0.39, 0.29) is 11.7 Å². The van der Waals surface area contributed by atoms with Crippen LogP contribution in [0.15, 0.2) is 53.0 Å². The van der Waals surface area contributed by atoms with Crippen LogP contribution in [0.4, 0.5) is 0 Å². The zero-order valence-electron chi connectivity index (χ0n) is 10.8. The number of carbonyl (C=O) groups is 1. The first-order valence-electron chi connectivity index (χ1n) is 6.52. The van der Waals surface area contributed by atoms with E-state index in [0.717, 1.165) is 22.0 Å². The lowest BCUT2D eigenvalue weighted by molar-refractivity contribution is 0.0964. The van der Waals surface area contributed by atoms with Gasteiger partial charge in [-0.25, -0.2) is 0 Å². The SMILES string of the molecule is Cc1c(Br)cccc1C(=O)C1CC1c1ccccc1. The molecule has 2 aromatic rings. The highest BCUT2D eigenvalue weighted by Crippen LogP contribution is 2.49. The van der Waals surface area contributed by atoms with E-state index in [1.807, 2.05) is 43.3 Å². The van der Waals surface area contributed by atoms with Crippen molar-refractivity contribution in [3.05, 3.63) is 69.7 Å². The number of rotatable bonds is 3. The topological polar surface area (TPSA) is 17.1 Å². The minimum Gasteiger partial charge on any atom is -0.294 e. The molecule has 1 fully saturated rings. The number of ketones is 1. The van der Waals surface area contributed by atoms with Crippen molar-refractivity contribution in [1.29, 1.82) is 0 Å². The fourth-order valence-corrected chi connectivity index (χ4v) is 2.99. The molecule has 0 heterocycles. The molecule has 0 spiro atoms. The van der Waals surface area contributed by atoms with Gasteiger partial charge >= 0.3 is 0 Å². The third-order valence-electron chi connectivity index (χ3n) is 3.89. The van der Waals surface area contributed by atoms with Crippen LogP contribution >= 0.6 is 15.9 Å². The number of hydrogen-bond acceptors (Lipinski definition) is 1. The Bertz CT molecular complexity index is 618. The van der Waals surface area contributed by atoms with Crippen LogP contribution < -0.4 is 0 Å². The molecule has 0 aliphatic heterocycles. The van der Waals surface area contributed by atoms with Gasteiger partial charge in [0.05, 0.1) is 0 Å². The summed E-state index contributed by atoms with van der Waals surface area (Å²) in [5, 5.41) is 0. The molecular weight excluding hydrogens is 300 g/mol. The molecule has 2 unspecified atom stereocenters. The summed E-state index contributed by atoms with van der Waals surface area (Å²) in [6, 6.07) is 16.2. The Hall–Kier alpha value is -1.41. The predicted molar refractivity (Wildman–Crippen MR) is 80.5 cm³/mol. The van der Waals surface area contributed by atoms with Crippen molar-refractivity contribution in [2.45, 2.75) is 19.3 Å². The Morgan fingerprint density at radius 1 is 1.11 bits per heavy atom. The van der Waals surface area contributed by atoms with Crippen molar-refractivity contribution in [2.24, 2.45) is 5.92 Å². The van der Waals surface area contributed by atoms with Crippen molar-refractivity contribution in [3.63, 3.8) is 0 Å². The van der Waals surface area contributed by atoms with Crippen LogP contribution in [-0.4, -0.2) is 5.78 Å². The Morgan fingerprint density at radius 3 is 2.58 bits per heavy atom. The molecule has 2 heteroatoms. The van der Waals surface area contributed by atoms with Crippen LogP contribution in [0, 0.1) is 12.8 Å². The standard InChI is InChI=1S/C17H15BrO/c1-11-13(8-5-9-16(11)18)17(19)15-10-14(15)12-6-3-2-4-7-12/h2-9,14-15H,10H2,1H3. The Kier molecular flexibility index (Phi) is 3.28. The minimum absolute atomic E-state index is 0.162. The molecule has 1 saturated carbocycles. The molecule has 0 radical (unpaired) electrons. The summed E-state index contributed by atoms with van der Waals surface area (Å²) in [4.78, 5) is 12.5. The zero-order chi connectivity index (χ0) is 13.4. The average molecular weight is 315 g/mol. The molecule has 0 saturated heterocycles. The highest BCUT2D eigenvalue weighted by molar-refractivity contribution is 9.10. The monoisotopic (exact) mass is 314 g/mol. The molecule has 1 aliphatic rings. The second-order valence-corrected chi connectivity index (χ2v) is 5.99. The molecule has 19 heavy (non-hydrogen) atoms. The van der Waals surface area contributed by atoms with E-state index in [2.05, 4.69) is 28.1 Å². The van der Waals surface area contributed by atoms with Gasteiger partial charge in [-0.3, -0.25) is 4.79 Å². The van der Waals surface area contributed by atoms with Crippen LogP contribution in [0.25, 0.3) is 0 Å². The maximum Gasteiger partial charge on any atom is 0.166 e. The van der Waals surface area contributed by atoms with Crippen molar-refractivity contribution in [1.82, 2.24) is 0 Å². The van der Waals surface area contributed by atoms with Gasteiger partial charge in [-0.1, -0.05) is 58.4 Å². The second-order valence-electron chi connectivity index (χ2n) is 5.14. The van der Waals surface area contributed by atoms with Gasteiger partial charge in [-0.15, -0.1) is 0 Å². The fraction of sp³-hybridized carbons (Fsp3) is 0.235. The van der Waals surface area contributed by atoms with Gasteiger partial charge in [-0.05, 0) is 36.5 Å². The molecule has 0 N–H and O–H groups in total. The van der Waals surface area contributed by atoms with Gasteiger partial charge < -0.3 is 0 Å². The maximum atomic E-state index is 12.5. The van der Waals surface area contributed by atoms with E-state index in [4.69, 9.17) is 0 Å². The van der Waals surface area contributed by atoms with E-state index < -0.39 is 0 Å². The molecule has 1 nitrogen and oxygen atoms in total. The third-order valence-corrected chi connectivity index (χ3v) is 4.75. The van der Waals surface area contributed by atoms with Gasteiger partial charge in [0.1, 0.15) is 0 Å². The molecule has 2 aromatic carbocycles. The number of hydrogen-bond donors (Lipinski definition) is 0. The Balaban J connectivity index is 1.82. The van der Waals surface area contributed by atoms with Gasteiger partial charge in [-0.2, -0.15) is 0 Å². The van der Waals surface area contributed by atoms with Gasteiger partial charge in [0.15, 0.2) is 5.78 Å².